The molecular weight excluding hydrogens is 1560 g/mol. The second-order valence-electron chi connectivity index (χ2n) is 33.5. The van der Waals surface area contributed by atoms with Gasteiger partial charge in [0.15, 0.2) is 17.1 Å². The molecule has 628 valence electrons. The van der Waals surface area contributed by atoms with Gasteiger partial charge in [-0.1, -0.05) is 37.6 Å². The van der Waals surface area contributed by atoms with Crippen LogP contribution in [0.5, 0.6) is 0 Å². The van der Waals surface area contributed by atoms with E-state index < -0.39 is 0 Å². The Morgan fingerprint density at radius 3 is 1.50 bits per heavy atom. The Balaban J connectivity index is 0.000000108. The topological polar surface area (TPSA) is 278 Å². The number of hydrogen-bond donors (Lipinski definition) is 1. The molecule has 6 aliphatic heterocycles. The number of benzene rings is 2. The number of nitrogens with zero attached hydrogens (tertiary/aromatic N) is 22. The lowest BCUT2D eigenvalue weighted by molar-refractivity contribution is 0.141. The molecule has 0 radical (unpaired) electrons. The van der Waals surface area contributed by atoms with E-state index in [-0.39, 0.29) is 22.2 Å². The van der Waals surface area contributed by atoms with Crippen LogP contribution in [0.2, 0.25) is 0 Å². The Morgan fingerprint density at radius 2 is 0.951 bits per heavy atom. The summed E-state index contributed by atoms with van der Waals surface area (Å²) in [4.78, 5) is 105. The van der Waals surface area contributed by atoms with E-state index >= 15 is 0 Å². The molecule has 22 rings (SSSR count). The van der Waals surface area contributed by atoms with Crippen molar-refractivity contribution in [1.29, 1.82) is 0 Å². The molecule has 5 fully saturated rings. The Morgan fingerprint density at radius 1 is 0.447 bits per heavy atom. The Kier molecular flexibility index (Phi) is 22.5. The standard InChI is InChI=1S/C26H31N7O.C25H29N7O.C22H21N5O2.C21H20N4OS/c1-18-16-33-24(19(2)27-18)14-23(29-33)22-15-26(34)32-17-21(6-7-25(32)28-22)31-12-8-20(9-13-31)30-10-4-3-5-11-30;1-17-15-32-23(18(2)26-17)13-22(28-32)21-14-25(33)31-16-20(5-6-24(31)27-21)30-11-7-19(8-12-30)29-9-3-4-10-29;1-3-26-8-6-15(7-9-26)19-13-27-21(12-23-19)25-18(11-22(27)28)16-4-5-17-20(10-16)29-14(2)24-17;1-13-23-17-4-2-15(10-19(17)27-13)18-11-21(26)25-12-16(3-5-20(25)24-18)14-6-8-22-9-7-14/h6-7,14-17,20H,3-5,8-13H2,1-2H3;5-6,13-16,19H,3-4,7-12H2,1-2H3;4-6,10-13H,3,7-9H2,1-2H3;2-5,10-12,14,22H,6-9H2,1H3. The number of oxazole rings is 1. The first-order chi connectivity index (χ1) is 59.9. The molecule has 6 aliphatic rings. The molecule has 0 saturated carbocycles. The molecule has 29 heteroatoms. The van der Waals surface area contributed by atoms with Crippen LogP contribution in [0.1, 0.15) is 135 Å². The number of hydrogen-bond acceptors (Lipinski definition) is 23. The molecule has 123 heavy (non-hydrogen) atoms. The molecule has 2 aromatic carbocycles. The van der Waals surface area contributed by atoms with Gasteiger partial charge >= 0.3 is 0 Å². The molecule has 20 heterocycles. The van der Waals surface area contributed by atoms with Crippen LogP contribution in [0.15, 0.2) is 182 Å². The summed E-state index contributed by atoms with van der Waals surface area (Å²) in [7, 11) is 0. The quantitative estimate of drug-likeness (QED) is 0.126. The average molecular weight is 1670 g/mol. The first kappa shape index (κ1) is 80.3. The maximum atomic E-state index is 13.1. The summed E-state index contributed by atoms with van der Waals surface area (Å²) in [5.41, 5.74) is 21.1. The zero-order chi connectivity index (χ0) is 84.1. The van der Waals surface area contributed by atoms with E-state index in [1.165, 1.54) is 95.1 Å². The average Bonchev–Trinajstić information content (AvgIpc) is 1.74. The SMILES string of the molecule is CCN1CC=C(c2cn3c(=O)cc(-c4ccc5nc(C)oc5c4)nc3cn2)CC1.Cc1cn2nc(-c3cc(=O)n4cc(N5CCC(N6CCCC6)CC5)ccc4n3)cc2c(C)n1.Cc1cn2nc(-c3cc(=O)n4cc(N5CCC(N6CCCCC6)CC5)ccc4n3)cc2c(C)n1.Cc1nc2ccc(-c3cc(=O)n4cc(C5CCNCC5)ccc4n3)cc2s1. The third kappa shape index (κ3) is 17.1. The number of likely N-dealkylation sites (N-methyl/N-ethyl adjacent to an activating group) is 1. The number of thiazole rings is 1. The van der Waals surface area contributed by atoms with Crippen molar-refractivity contribution in [3.63, 3.8) is 0 Å². The van der Waals surface area contributed by atoms with E-state index in [4.69, 9.17) is 19.4 Å². The van der Waals surface area contributed by atoms with Crippen molar-refractivity contribution in [1.82, 2.24) is 102 Å². The fourth-order valence-corrected chi connectivity index (χ4v) is 19.5. The highest BCUT2D eigenvalue weighted by molar-refractivity contribution is 7.18. The molecule has 0 aliphatic carbocycles. The number of aromatic nitrogens is 17. The lowest BCUT2D eigenvalue weighted by Crippen LogP contribution is -2.46. The van der Waals surface area contributed by atoms with E-state index in [1.807, 2.05) is 142 Å². The monoisotopic (exact) mass is 1660 g/mol. The first-order valence-corrected chi connectivity index (χ1v) is 44.2. The lowest BCUT2D eigenvalue weighted by atomic mass is 9.91. The fourth-order valence-electron chi connectivity index (χ4n) is 18.6. The number of piperidine rings is 4. The molecule has 1 N–H and O–H groups in total. The van der Waals surface area contributed by atoms with Gasteiger partial charge in [0.25, 0.3) is 22.2 Å². The number of anilines is 2. The molecule has 0 spiro atoms. The van der Waals surface area contributed by atoms with Gasteiger partial charge in [0, 0.05) is 118 Å². The normalized spacial score (nSPS) is 16.9. The fraction of sp³-hybridized carbons (Fsp3) is 0.372. The zero-order valence-electron chi connectivity index (χ0n) is 70.7. The minimum Gasteiger partial charge on any atom is -0.441 e. The summed E-state index contributed by atoms with van der Waals surface area (Å²) in [5.74, 6) is 1.12. The number of nitrogens with one attached hydrogen (secondary N) is 1. The largest absolute Gasteiger partial charge is 0.441 e. The van der Waals surface area contributed by atoms with Crippen molar-refractivity contribution in [2.45, 2.75) is 144 Å². The molecule has 5 saturated heterocycles. The molecule has 0 amide bonds. The number of aryl methyl sites for hydroxylation is 6. The minimum atomic E-state index is -0.130. The van der Waals surface area contributed by atoms with Crippen molar-refractivity contribution >= 4 is 83.2 Å². The Labute approximate surface area is 714 Å². The zero-order valence-corrected chi connectivity index (χ0v) is 71.5. The summed E-state index contributed by atoms with van der Waals surface area (Å²) in [5, 5.41) is 13.7. The molecule has 0 atom stereocenters. The second-order valence-corrected chi connectivity index (χ2v) is 34.7. The van der Waals surface area contributed by atoms with E-state index in [0.29, 0.717) is 86.2 Å². The minimum absolute atomic E-state index is 0.0358. The predicted molar refractivity (Wildman–Crippen MR) is 484 cm³/mol. The van der Waals surface area contributed by atoms with E-state index in [9.17, 15) is 19.2 Å². The van der Waals surface area contributed by atoms with E-state index in [1.54, 1.807) is 65.6 Å². The van der Waals surface area contributed by atoms with Crippen LogP contribution in [0.4, 0.5) is 11.4 Å². The van der Waals surface area contributed by atoms with Gasteiger partial charge in [-0.25, -0.2) is 38.9 Å². The maximum Gasteiger partial charge on any atom is 0.258 e. The van der Waals surface area contributed by atoms with Gasteiger partial charge in [-0.2, -0.15) is 10.2 Å². The van der Waals surface area contributed by atoms with Crippen LogP contribution >= 0.6 is 11.3 Å². The summed E-state index contributed by atoms with van der Waals surface area (Å²) in [6, 6.07) is 35.5. The summed E-state index contributed by atoms with van der Waals surface area (Å²) >= 11 is 1.66. The highest BCUT2D eigenvalue weighted by atomic mass is 32.1. The Bertz CT molecular complexity index is 6980. The van der Waals surface area contributed by atoms with Crippen molar-refractivity contribution in [2.75, 3.05) is 94.9 Å². The van der Waals surface area contributed by atoms with Gasteiger partial charge in [-0.15, -0.1) is 11.3 Å². The maximum absolute atomic E-state index is 13.1. The molecule has 0 unspecified atom stereocenters. The van der Waals surface area contributed by atoms with Crippen molar-refractivity contribution in [2.24, 2.45) is 0 Å². The van der Waals surface area contributed by atoms with Crippen LogP contribution in [-0.2, 0) is 0 Å². The van der Waals surface area contributed by atoms with Gasteiger partial charge in [-0.3, -0.25) is 56.6 Å². The van der Waals surface area contributed by atoms with Crippen LogP contribution in [0.25, 0.3) is 106 Å². The van der Waals surface area contributed by atoms with Crippen LogP contribution < -0.4 is 37.4 Å². The summed E-state index contributed by atoms with van der Waals surface area (Å²) < 4.78 is 16.9. The van der Waals surface area contributed by atoms with Gasteiger partial charge in [0.2, 0.25) is 0 Å². The predicted octanol–water partition coefficient (Wildman–Crippen LogP) is 13.6. The van der Waals surface area contributed by atoms with Crippen molar-refractivity contribution in [3.05, 3.63) is 245 Å². The number of pyridine rings is 3. The van der Waals surface area contributed by atoms with Crippen LogP contribution in [-0.4, -0.2) is 194 Å². The van der Waals surface area contributed by atoms with Crippen molar-refractivity contribution < 1.29 is 4.42 Å². The lowest BCUT2D eigenvalue weighted by Gasteiger charge is -2.41. The summed E-state index contributed by atoms with van der Waals surface area (Å²) in [6.45, 7) is 28.0. The number of rotatable bonds is 11. The second kappa shape index (κ2) is 34.5. The Hall–Kier alpha value is -12.4. The highest BCUT2D eigenvalue weighted by Crippen LogP contribution is 2.33. The number of fused-ring (bicyclic) bond motifs is 8. The van der Waals surface area contributed by atoms with Crippen LogP contribution in [0.3, 0.4) is 0 Å². The third-order valence-electron chi connectivity index (χ3n) is 25.3. The third-order valence-corrected chi connectivity index (χ3v) is 26.2. The molecule has 16 aromatic rings. The van der Waals surface area contributed by atoms with Gasteiger partial charge < -0.3 is 29.3 Å². The number of likely N-dealkylation sites (tertiary alicyclic amines) is 2. The first-order valence-electron chi connectivity index (χ1n) is 43.4. The molecule has 28 nitrogen and oxygen atoms in total. The van der Waals surface area contributed by atoms with Gasteiger partial charge in [0.1, 0.15) is 33.8 Å². The van der Waals surface area contributed by atoms with Crippen molar-refractivity contribution in [3.8, 4) is 45.3 Å². The highest BCUT2D eigenvalue weighted by Gasteiger charge is 2.30. The molecule has 14 aromatic heterocycles. The molecular formula is C94H101N23O5S. The van der Waals surface area contributed by atoms with Crippen LogP contribution in [0, 0.1) is 41.5 Å². The smallest absolute Gasteiger partial charge is 0.258 e. The van der Waals surface area contributed by atoms with Gasteiger partial charge in [-0.05, 0) is 235 Å². The van der Waals surface area contributed by atoms with Gasteiger partial charge in [0.05, 0.1) is 107 Å². The molecule has 0 bridgehead atoms. The van der Waals surface area contributed by atoms with E-state index in [0.717, 1.165) is 161 Å². The van der Waals surface area contributed by atoms with E-state index in [2.05, 4.69) is 107 Å². The summed E-state index contributed by atoms with van der Waals surface area (Å²) in [6.07, 6.45) is 29.9.